The first-order chi connectivity index (χ1) is 8.38. The highest BCUT2D eigenvalue weighted by Crippen LogP contribution is 2.31. The molecule has 0 saturated carbocycles. The molecule has 18 heavy (non-hydrogen) atoms. The van der Waals surface area contributed by atoms with Crippen molar-refractivity contribution in [3.8, 4) is 5.75 Å². The number of nitrogens with two attached hydrogens (primary N) is 2. The van der Waals surface area contributed by atoms with Crippen LogP contribution in [0.15, 0.2) is 23.2 Å². The number of amidine groups is 1. The molecule has 1 aromatic carbocycles. The Hall–Kier alpha value is -1.20. The summed E-state index contributed by atoms with van der Waals surface area (Å²) in [7, 11) is 1.63. The minimum Gasteiger partial charge on any atom is -0.496 e. The fourth-order valence-corrected chi connectivity index (χ4v) is 2.04. The van der Waals surface area contributed by atoms with Gasteiger partial charge in [-0.25, -0.2) is 4.99 Å². The highest BCUT2D eigenvalue weighted by molar-refractivity contribution is 8.13. The van der Waals surface area contributed by atoms with Gasteiger partial charge in [-0.05, 0) is 37.8 Å². The molecule has 0 saturated heterocycles. The third kappa shape index (κ3) is 3.92. The van der Waals surface area contributed by atoms with Crippen LogP contribution in [0.4, 0.5) is 5.69 Å². The molecule has 0 aliphatic carbocycles. The normalized spacial score (nSPS) is 12.6. The van der Waals surface area contributed by atoms with Gasteiger partial charge in [0.1, 0.15) is 5.75 Å². The summed E-state index contributed by atoms with van der Waals surface area (Å²) in [5, 5.41) is 0.559. The monoisotopic (exact) mass is 267 g/mol. The van der Waals surface area contributed by atoms with E-state index >= 15 is 0 Å². The Labute approximate surface area is 113 Å². The first kappa shape index (κ1) is 14.9. The van der Waals surface area contributed by atoms with E-state index < -0.39 is 5.54 Å². The minimum atomic E-state index is -0.483. The van der Waals surface area contributed by atoms with E-state index in [1.54, 1.807) is 7.11 Å². The summed E-state index contributed by atoms with van der Waals surface area (Å²) in [4.78, 5) is 4.34. The molecule has 0 aromatic heterocycles. The topological polar surface area (TPSA) is 73.6 Å². The number of hydrogen-bond donors (Lipinski definition) is 2. The first-order valence-corrected chi connectivity index (χ1v) is 6.81. The minimum absolute atomic E-state index is 0.483. The van der Waals surface area contributed by atoms with E-state index in [0.29, 0.717) is 5.17 Å². The molecule has 0 aliphatic heterocycles. The maximum absolute atomic E-state index is 6.13. The molecule has 0 heterocycles. The van der Waals surface area contributed by atoms with Crippen molar-refractivity contribution in [1.82, 2.24) is 0 Å². The number of nitrogens with zero attached hydrogens (tertiary/aromatic N) is 1. The van der Waals surface area contributed by atoms with Gasteiger partial charge in [0, 0.05) is 11.1 Å². The molecule has 0 bridgehead atoms. The number of aliphatic imine (C=N–C) groups is 1. The number of benzene rings is 1. The van der Waals surface area contributed by atoms with E-state index in [2.05, 4.69) is 4.99 Å². The summed E-state index contributed by atoms with van der Waals surface area (Å²) >= 11 is 1.51. The molecule has 1 aromatic rings. The average Bonchev–Trinajstić information content (AvgIpc) is 2.28. The van der Waals surface area contributed by atoms with Crippen molar-refractivity contribution in [2.24, 2.45) is 16.5 Å². The molecule has 0 radical (unpaired) electrons. The fourth-order valence-electron chi connectivity index (χ4n) is 1.58. The van der Waals surface area contributed by atoms with E-state index in [-0.39, 0.29) is 0 Å². The lowest BCUT2D eigenvalue weighted by Crippen LogP contribution is -2.29. The van der Waals surface area contributed by atoms with Crippen LogP contribution in [-0.2, 0) is 5.54 Å². The molecule has 0 fully saturated rings. The van der Waals surface area contributed by atoms with Crippen molar-refractivity contribution >= 4 is 22.6 Å². The molecular formula is C13H21N3OS. The maximum Gasteiger partial charge on any atom is 0.159 e. The van der Waals surface area contributed by atoms with Gasteiger partial charge in [0.2, 0.25) is 0 Å². The van der Waals surface area contributed by atoms with Crippen LogP contribution in [0.25, 0.3) is 0 Å². The van der Waals surface area contributed by atoms with E-state index in [1.165, 1.54) is 11.8 Å². The van der Waals surface area contributed by atoms with Crippen LogP contribution in [0, 0.1) is 0 Å². The van der Waals surface area contributed by atoms with Crippen LogP contribution in [0.3, 0.4) is 0 Å². The largest absolute Gasteiger partial charge is 0.496 e. The molecule has 0 atom stereocenters. The van der Waals surface area contributed by atoms with Gasteiger partial charge < -0.3 is 16.2 Å². The second kappa shape index (κ2) is 6.11. The Bertz CT molecular complexity index is 438. The molecule has 1 rings (SSSR count). The van der Waals surface area contributed by atoms with Crippen molar-refractivity contribution in [2.75, 3.05) is 12.9 Å². The summed E-state index contributed by atoms with van der Waals surface area (Å²) in [5.41, 5.74) is 13.2. The lowest BCUT2D eigenvalue weighted by Gasteiger charge is -2.22. The molecule has 0 amide bonds. The standard InChI is InChI=1S/C13H21N3OS/c1-5-18-12(14)16-9-6-7-11(17-4)10(8-9)13(2,3)15/h6-8H,5,15H2,1-4H3,(H2,14,16). The van der Waals surface area contributed by atoms with E-state index in [0.717, 1.165) is 22.8 Å². The van der Waals surface area contributed by atoms with Gasteiger partial charge in [0.15, 0.2) is 5.17 Å². The summed E-state index contributed by atoms with van der Waals surface area (Å²) in [6.45, 7) is 5.90. The third-order valence-corrected chi connectivity index (χ3v) is 3.08. The molecule has 0 aliphatic rings. The maximum atomic E-state index is 6.13. The number of thioether (sulfide) groups is 1. The summed E-state index contributed by atoms with van der Waals surface area (Å²) in [5.74, 6) is 1.67. The predicted molar refractivity (Wildman–Crippen MR) is 79.6 cm³/mol. The highest BCUT2D eigenvalue weighted by Gasteiger charge is 2.19. The molecular weight excluding hydrogens is 246 g/mol. The summed E-state index contributed by atoms with van der Waals surface area (Å²) in [6.07, 6.45) is 0. The SMILES string of the molecule is CCSC(N)=Nc1ccc(OC)c(C(C)(C)N)c1. The average molecular weight is 267 g/mol. The van der Waals surface area contributed by atoms with Crippen molar-refractivity contribution in [2.45, 2.75) is 26.3 Å². The van der Waals surface area contributed by atoms with Crippen LogP contribution >= 0.6 is 11.8 Å². The number of hydrogen-bond acceptors (Lipinski definition) is 4. The smallest absolute Gasteiger partial charge is 0.159 e. The zero-order valence-corrected chi connectivity index (χ0v) is 12.2. The Morgan fingerprint density at radius 3 is 2.61 bits per heavy atom. The lowest BCUT2D eigenvalue weighted by atomic mass is 9.94. The van der Waals surface area contributed by atoms with Crippen LogP contribution in [-0.4, -0.2) is 18.0 Å². The molecule has 0 unspecified atom stereocenters. The van der Waals surface area contributed by atoms with Crippen LogP contribution in [0.2, 0.25) is 0 Å². The van der Waals surface area contributed by atoms with Crippen molar-refractivity contribution in [3.05, 3.63) is 23.8 Å². The second-order valence-electron chi connectivity index (χ2n) is 4.49. The molecule has 4 N–H and O–H groups in total. The van der Waals surface area contributed by atoms with E-state index in [9.17, 15) is 0 Å². The van der Waals surface area contributed by atoms with Crippen LogP contribution < -0.4 is 16.2 Å². The Morgan fingerprint density at radius 1 is 1.44 bits per heavy atom. The number of rotatable bonds is 4. The molecule has 5 heteroatoms. The highest BCUT2D eigenvalue weighted by atomic mass is 32.2. The second-order valence-corrected chi connectivity index (χ2v) is 5.77. The van der Waals surface area contributed by atoms with Gasteiger partial charge in [-0.15, -0.1) is 0 Å². The van der Waals surface area contributed by atoms with Gasteiger partial charge in [0.05, 0.1) is 12.8 Å². The summed E-state index contributed by atoms with van der Waals surface area (Å²) < 4.78 is 5.31. The molecule has 100 valence electrons. The number of methoxy groups -OCH3 is 1. The van der Waals surface area contributed by atoms with Crippen molar-refractivity contribution in [1.29, 1.82) is 0 Å². The Kier molecular flexibility index (Phi) is 5.04. The van der Waals surface area contributed by atoms with E-state index in [1.807, 2.05) is 39.0 Å². The Balaban J connectivity index is 3.15. The number of ether oxygens (including phenoxy) is 1. The molecule has 4 nitrogen and oxygen atoms in total. The van der Waals surface area contributed by atoms with Crippen LogP contribution in [0.1, 0.15) is 26.3 Å². The quantitative estimate of drug-likeness (QED) is 0.649. The fraction of sp³-hybridized carbons (Fsp3) is 0.462. The van der Waals surface area contributed by atoms with Gasteiger partial charge in [-0.3, -0.25) is 0 Å². The van der Waals surface area contributed by atoms with Gasteiger partial charge in [-0.1, -0.05) is 18.7 Å². The van der Waals surface area contributed by atoms with Crippen molar-refractivity contribution in [3.63, 3.8) is 0 Å². The zero-order valence-electron chi connectivity index (χ0n) is 11.4. The predicted octanol–water partition coefficient (Wildman–Crippen LogP) is 2.59. The van der Waals surface area contributed by atoms with E-state index in [4.69, 9.17) is 16.2 Å². The van der Waals surface area contributed by atoms with Gasteiger partial charge >= 0.3 is 0 Å². The Morgan fingerprint density at radius 2 is 2.11 bits per heavy atom. The van der Waals surface area contributed by atoms with Crippen molar-refractivity contribution < 1.29 is 4.74 Å². The van der Waals surface area contributed by atoms with Crippen LogP contribution in [0.5, 0.6) is 5.75 Å². The molecule has 0 spiro atoms. The van der Waals surface area contributed by atoms with Gasteiger partial charge in [0.25, 0.3) is 0 Å². The summed E-state index contributed by atoms with van der Waals surface area (Å²) in [6, 6.07) is 5.66. The first-order valence-electron chi connectivity index (χ1n) is 5.82. The zero-order chi connectivity index (χ0) is 13.8. The third-order valence-electron chi connectivity index (χ3n) is 2.41. The lowest BCUT2D eigenvalue weighted by molar-refractivity contribution is 0.394. The van der Waals surface area contributed by atoms with Gasteiger partial charge in [-0.2, -0.15) is 0 Å².